The number of aromatic nitrogens is 3. The van der Waals surface area contributed by atoms with Crippen LogP contribution in [-0.4, -0.2) is 22.0 Å². The van der Waals surface area contributed by atoms with Crippen LogP contribution in [0.25, 0.3) is 0 Å². The molecule has 0 fully saturated rings. The Labute approximate surface area is 126 Å². The summed E-state index contributed by atoms with van der Waals surface area (Å²) >= 11 is 0. The van der Waals surface area contributed by atoms with Gasteiger partial charge in [-0.15, -0.1) is 5.10 Å². The van der Waals surface area contributed by atoms with Gasteiger partial charge in [-0.2, -0.15) is 0 Å². The van der Waals surface area contributed by atoms with E-state index in [2.05, 4.69) is 58.5 Å². The Kier molecular flexibility index (Phi) is 4.34. The quantitative estimate of drug-likeness (QED) is 0.918. The Bertz CT molecular complexity index is 590. The molecular weight excluding hydrogens is 260 g/mol. The van der Waals surface area contributed by atoms with Gasteiger partial charge >= 0.3 is 0 Å². The molecule has 1 aliphatic rings. The van der Waals surface area contributed by atoms with Crippen molar-refractivity contribution >= 4 is 0 Å². The Morgan fingerprint density at radius 3 is 2.90 bits per heavy atom. The summed E-state index contributed by atoms with van der Waals surface area (Å²) in [4.78, 5) is 0. The predicted molar refractivity (Wildman–Crippen MR) is 84.1 cm³/mol. The lowest BCUT2D eigenvalue weighted by atomic mass is 9.79. The van der Waals surface area contributed by atoms with E-state index < -0.39 is 0 Å². The zero-order valence-corrected chi connectivity index (χ0v) is 12.9. The third kappa shape index (κ3) is 2.86. The minimum Gasteiger partial charge on any atom is -0.311 e. The van der Waals surface area contributed by atoms with Crippen molar-refractivity contribution in [1.82, 2.24) is 20.3 Å². The molecule has 1 aliphatic carbocycles. The highest BCUT2D eigenvalue weighted by molar-refractivity contribution is 5.30. The first kappa shape index (κ1) is 14.3. The SMILES string of the molecule is CCCn1nncc1C(NC)C1CCc2ccccc2C1. The standard InChI is InChI=1S/C17H24N4/c1-3-10-21-16(12-19-20-21)17(18-2)15-9-8-13-6-4-5-7-14(13)11-15/h4-7,12,15,17-18H,3,8-11H2,1-2H3. The van der Waals surface area contributed by atoms with Gasteiger partial charge in [0.05, 0.1) is 17.9 Å². The highest BCUT2D eigenvalue weighted by Crippen LogP contribution is 2.33. The molecule has 2 aromatic rings. The lowest BCUT2D eigenvalue weighted by molar-refractivity contribution is 0.323. The van der Waals surface area contributed by atoms with Crippen LogP contribution in [0.2, 0.25) is 0 Å². The number of aryl methyl sites for hydroxylation is 2. The number of nitrogens with zero attached hydrogens (tertiary/aromatic N) is 3. The first-order chi connectivity index (χ1) is 10.3. The normalized spacial score (nSPS) is 19.2. The first-order valence-electron chi connectivity index (χ1n) is 7.96. The molecule has 0 amide bonds. The summed E-state index contributed by atoms with van der Waals surface area (Å²) in [6, 6.07) is 9.17. The molecule has 1 N–H and O–H groups in total. The molecule has 0 bridgehead atoms. The van der Waals surface area contributed by atoms with Crippen molar-refractivity contribution in [2.45, 2.75) is 45.2 Å². The summed E-state index contributed by atoms with van der Waals surface area (Å²) in [6.07, 6.45) is 6.55. The number of benzene rings is 1. The van der Waals surface area contributed by atoms with Crippen molar-refractivity contribution in [3.05, 3.63) is 47.3 Å². The molecule has 0 spiro atoms. The lowest BCUT2D eigenvalue weighted by Gasteiger charge is -2.31. The zero-order valence-electron chi connectivity index (χ0n) is 12.9. The summed E-state index contributed by atoms with van der Waals surface area (Å²) < 4.78 is 2.06. The molecule has 2 atom stereocenters. The Morgan fingerprint density at radius 1 is 1.33 bits per heavy atom. The van der Waals surface area contributed by atoms with Gasteiger partial charge in [0.1, 0.15) is 0 Å². The van der Waals surface area contributed by atoms with Crippen LogP contribution in [0.15, 0.2) is 30.5 Å². The van der Waals surface area contributed by atoms with Crippen molar-refractivity contribution in [3.8, 4) is 0 Å². The van der Waals surface area contributed by atoms with Gasteiger partial charge in [0.2, 0.25) is 0 Å². The van der Waals surface area contributed by atoms with Crippen LogP contribution >= 0.6 is 0 Å². The van der Waals surface area contributed by atoms with E-state index in [-0.39, 0.29) is 0 Å². The van der Waals surface area contributed by atoms with Gasteiger partial charge in [0.25, 0.3) is 0 Å². The van der Waals surface area contributed by atoms with E-state index in [0.29, 0.717) is 12.0 Å². The van der Waals surface area contributed by atoms with Crippen LogP contribution in [0, 0.1) is 5.92 Å². The van der Waals surface area contributed by atoms with Gasteiger partial charge in [-0.05, 0) is 49.8 Å². The molecule has 0 saturated carbocycles. The van der Waals surface area contributed by atoms with Crippen LogP contribution < -0.4 is 5.32 Å². The summed E-state index contributed by atoms with van der Waals surface area (Å²) in [5, 5.41) is 11.9. The van der Waals surface area contributed by atoms with Crippen molar-refractivity contribution in [2.24, 2.45) is 5.92 Å². The van der Waals surface area contributed by atoms with E-state index >= 15 is 0 Å². The van der Waals surface area contributed by atoms with Crippen LogP contribution in [0.3, 0.4) is 0 Å². The molecule has 21 heavy (non-hydrogen) atoms. The molecule has 4 heteroatoms. The maximum atomic E-state index is 4.24. The molecule has 4 nitrogen and oxygen atoms in total. The Hall–Kier alpha value is -1.68. The van der Waals surface area contributed by atoms with Gasteiger partial charge < -0.3 is 5.32 Å². The maximum absolute atomic E-state index is 4.24. The third-order valence-electron chi connectivity index (χ3n) is 4.57. The smallest absolute Gasteiger partial charge is 0.0759 e. The van der Waals surface area contributed by atoms with Crippen molar-refractivity contribution in [2.75, 3.05) is 7.05 Å². The summed E-state index contributed by atoms with van der Waals surface area (Å²) in [7, 11) is 2.05. The summed E-state index contributed by atoms with van der Waals surface area (Å²) in [5.74, 6) is 0.610. The van der Waals surface area contributed by atoms with Gasteiger partial charge in [-0.3, -0.25) is 0 Å². The summed E-state index contributed by atoms with van der Waals surface area (Å²) in [5.41, 5.74) is 4.25. The number of hydrogen-bond donors (Lipinski definition) is 1. The number of hydrogen-bond acceptors (Lipinski definition) is 3. The second kappa shape index (κ2) is 6.39. The third-order valence-corrected chi connectivity index (χ3v) is 4.57. The van der Waals surface area contributed by atoms with Crippen molar-refractivity contribution < 1.29 is 0 Å². The first-order valence-corrected chi connectivity index (χ1v) is 7.96. The average Bonchev–Trinajstić information content (AvgIpc) is 2.97. The van der Waals surface area contributed by atoms with Crippen molar-refractivity contribution in [1.29, 1.82) is 0 Å². The number of fused-ring (bicyclic) bond motifs is 1. The number of rotatable bonds is 5. The minimum absolute atomic E-state index is 0.333. The Morgan fingerprint density at radius 2 is 2.14 bits per heavy atom. The molecule has 2 unspecified atom stereocenters. The second-order valence-corrected chi connectivity index (χ2v) is 5.92. The summed E-state index contributed by atoms with van der Waals surface area (Å²) in [6.45, 7) is 3.12. The minimum atomic E-state index is 0.333. The topological polar surface area (TPSA) is 42.7 Å². The maximum Gasteiger partial charge on any atom is 0.0759 e. The van der Waals surface area contributed by atoms with Gasteiger partial charge in [0, 0.05) is 6.54 Å². The van der Waals surface area contributed by atoms with E-state index in [4.69, 9.17) is 0 Å². The van der Waals surface area contributed by atoms with Crippen LogP contribution in [0.4, 0.5) is 0 Å². The van der Waals surface area contributed by atoms with E-state index in [9.17, 15) is 0 Å². The zero-order chi connectivity index (χ0) is 14.7. The number of nitrogens with one attached hydrogen (secondary N) is 1. The van der Waals surface area contributed by atoms with Gasteiger partial charge in [-0.1, -0.05) is 36.4 Å². The van der Waals surface area contributed by atoms with Gasteiger partial charge in [-0.25, -0.2) is 4.68 Å². The van der Waals surface area contributed by atoms with Gasteiger partial charge in [0.15, 0.2) is 0 Å². The van der Waals surface area contributed by atoms with Crippen LogP contribution in [-0.2, 0) is 19.4 Å². The molecule has 112 valence electrons. The van der Waals surface area contributed by atoms with E-state index in [1.165, 1.54) is 29.7 Å². The molecule has 1 aromatic carbocycles. The molecular formula is C17H24N4. The predicted octanol–water partition coefficient (Wildman–Crippen LogP) is 2.75. The largest absolute Gasteiger partial charge is 0.311 e. The fourth-order valence-corrected chi connectivity index (χ4v) is 3.53. The molecule has 3 rings (SSSR count). The van der Waals surface area contributed by atoms with Crippen LogP contribution in [0.5, 0.6) is 0 Å². The monoisotopic (exact) mass is 284 g/mol. The highest BCUT2D eigenvalue weighted by atomic mass is 15.4. The molecule has 1 aromatic heterocycles. The Balaban J connectivity index is 1.83. The fourth-order valence-electron chi connectivity index (χ4n) is 3.53. The molecule has 0 radical (unpaired) electrons. The highest BCUT2D eigenvalue weighted by Gasteiger charge is 2.28. The molecule has 1 heterocycles. The van der Waals surface area contributed by atoms with E-state index in [1.807, 2.05) is 6.20 Å². The lowest BCUT2D eigenvalue weighted by Crippen LogP contribution is -2.31. The van der Waals surface area contributed by atoms with E-state index in [1.54, 1.807) is 0 Å². The van der Waals surface area contributed by atoms with Crippen LogP contribution in [0.1, 0.15) is 42.6 Å². The van der Waals surface area contributed by atoms with E-state index in [0.717, 1.165) is 19.4 Å². The average molecular weight is 284 g/mol. The second-order valence-electron chi connectivity index (χ2n) is 5.92. The molecule has 0 saturated heterocycles. The van der Waals surface area contributed by atoms with Crippen molar-refractivity contribution in [3.63, 3.8) is 0 Å². The molecule has 0 aliphatic heterocycles. The fraction of sp³-hybridized carbons (Fsp3) is 0.529.